The molecular formula is C23H28ClN7O2. The highest BCUT2D eigenvalue weighted by Crippen LogP contribution is 2.26. The predicted octanol–water partition coefficient (Wildman–Crippen LogP) is 3.44. The van der Waals surface area contributed by atoms with Crippen molar-refractivity contribution in [2.24, 2.45) is 0 Å². The molecule has 4 rings (SSSR count). The van der Waals surface area contributed by atoms with Gasteiger partial charge >= 0.3 is 0 Å². The number of hydrogen-bond donors (Lipinski definition) is 3. The molecule has 0 spiro atoms. The fraction of sp³-hybridized carbons (Fsp3) is 0.435. The van der Waals surface area contributed by atoms with E-state index in [-0.39, 0.29) is 29.9 Å². The van der Waals surface area contributed by atoms with Gasteiger partial charge in [-0.3, -0.25) is 14.6 Å². The maximum absolute atomic E-state index is 13.1. The molecule has 3 aromatic heterocycles. The summed E-state index contributed by atoms with van der Waals surface area (Å²) in [6, 6.07) is 3.96. The number of hydrogen-bond acceptors (Lipinski definition) is 6. The summed E-state index contributed by atoms with van der Waals surface area (Å²) in [6.45, 7) is 5.57. The third kappa shape index (κ3) is 5.42. The van der Waals surface area contributed by atoms with Crippen molar-refractivity contribution >= 4 is 34.7 Å². The van der Waals surface area contributed by atoms with Crippen LogP contribution in [0, 0.1) is 0 Å². The van der Waals surface area contributed by atoms with Crippen LogP contribution in [0.1, 0.15) is 56.8 Å². The molecule has 174 valence electrons. The molecule has 3 aromatic rings. The topological polar surface area (TPSA) is 113 Å². The molecule has 1 aliphatic carbocycles. The summed E-state index contributed by atoms with van der Waals surface area (Å²) in [5.74, 6) is -0.175. The minimum Gasteiger partial charge on any atom is -0.382 e. The van der Waals surface area contributed by atoms with Gasteiger partial charge in [0.15, 0.2) is 5.65 Å². The first-order chi connectivity index (χ1) is 15.8. The van der Waals surface area contributed by atoms with E-state index in [0.29, 0.717) is 33.3 Å². The molecule has 33 heavy (non-hydrogen) atoms. The highest BCUT2D eigenvalue weighted by atomic mass is 35.5. The van der Waals surface area contributed by atoms with Gasteiger partial charge in [0, 0.05) is 37.3 Å². The first kappa shape index (κ1) is 23.0. The van der Waals surface area contributed by atoms with Crippen LogP contribution in [-0.2, 0) is 4.79 Å². The Morgan fingerprint density at radius 2 is 1.73 bits per heavy atom. The van der Waals surface area contributed by atoms with Crippen LogP contribution in [-0.4, -0.2) is 49.5 Å². The highest BCUT2D eigenvalue weighted by molar-refractivity contribution is 6.30. The van der Waals surface area contributed by atoms with E-state index in [4.69, 9.17) is 11.6 Å². The Bertz CT molecular complexity index is 1170. The zero-order valence-electron chi connectivity index (χ0n) is 18.9. The average molecular weight is 470 g/mol. The lowest BCUT2D eigenvalue weighted by molar-refractivity contribution is -0.119. The molecule has 0 aliphatic heterocycles. The second-order valence-corrected chi connectivity index (χ2v) is 9.16. The maximum atomic E-state index is 13.1. The van der Waals surface area contributed by atoms with Crippen molar-refractivity contribution in [1.29, 1.82) is 0 Å². The number of pyridine rings is 1. The highest BCUT2D eigenvalue weighted by Gasteiger charge is 2.24. The number of amides is 2. The Labute approximate surface area is 197 Å². The lowest BCUT2D eigenvalue weighted by atomic mass is 9.91. The van der Waals surface area contributed by atoms with Gasteiger partial charge in [0.25, 0.3) is 5.91 Å². The SMILES string of the molecule is CC(=O)N[C@H]1CC[C@H](NC(=O)c2cnc(-c3cnc4cc(Cl)cnn34)cc2NC(C)C)CC1. The van der Waals surface area contributed by atoms with Gasteiger partial charge < -0.3 is 16.0 Å². The first-order valence-corrected chi connectivity index (χ1v) is 11.5. The van der Waals surface area contributed by atoms with Crippen molar-refractivity contribution in [3.05, 3.63) is 41.3 Å². The second kappa shape index (κ2) is 9.74. The van der Waals surface area contributed by atoms with Gasteiger partial charge in [-0.2, -0.15) is 5.10 Å². The molecule has 3 heterocycles. The fourth-order valence-corrected chi connectivity index (χ4v) is 4.31. The molecule has 1 saturated carbocycles. The minimum atomic E-state index is -0.164. The van der Waals surface area contributed by atoms with E-state index in [1.54, 1.807) is 29.2 Å². The molecule has 3 N–H and O–H groups in total. The zero-order valence-corrected chi connectivity index (χ0v) is 19.7. The summed E-state index contributed by atoms with van der Waals surface area (Å²) in [4.78, 5) is 33.3. The van der Waals surface area contributed by atoms with Gasteiger partial charge in [-0.05, 0) is 45.6 Å². The summed E-state index contributed by atoms with van der Waals surface area (Å²) in [5.41, 5.74) is 3.16. The third-order valence-electron chi connectivity index (χ3n) is 5.65. The zero-order chi connectivity index (χ0) is 23.5. The van der Waals surface area contributed by atoms with E-state index in [1.807, 2.05) is 19.9 Å². The lowest BCUT2D eigenvalue weighted by Gasteiger charge is -2.29. The van der Waals surface area contributed by atoms with Crippen molar-refractivity contribution in [3.63, 3.8) is 0 Å². The van der Waals surface area contributed by atoms with E-state index in [0.717, 1.165) is 25.7 Å². The Morgan fingerprint density at radius 3 is 2.39 bits per heavy atom. The van der Waals surface area contributed by atoms with Crippen LogP contribution in [0.3, 0.4) is 0 Å². The molecule has 1 fully saturated rings. The second-order valence-electron chi connectivity index (χ2n) is 8.72. The molecule has 2 amide bonds. The number of nitrogens with one attached hydrogen (secondary N) is 3. The molecule has 0 radical (unpaired) electrons. The normalized spacial score (nSPS) is 18.3. The van der Waals surface area contributed by atoms with Crippen molar-refractivity contribution < 1.29 is 9.59 Å². The Balaban J connectivity index is 1.54. The smallest absolute Gasteiger partial charge is 0.255 e. The number of imidazole rings is 1. The fourth-order valence-electron chi connectivity index (χ4n) is 4.17. The maximum Gasteiger partial charge on any atom is 0.255 e. The van der Waals surface area contributed by atoms with Crippen molar-refractivity contribution in [1.82, 2.24) is 30.2 Å². The molecule has 0 unspecified atom stereocenters. The summed E-state index contributed by atoms with van der Waals surface area (Å²) >= 11 is 6.02. The molecule has 0 atom stereocenters. The van der Waals surface area contributed by atoms with Crippen LogP contribution in [0.2, 0.25) is 5.02 Å². The molecule has 0 aromatic carbocycles. The molecule has 1 aliphatic rings. The van der Waals surface area contributed by atoms with E-state index in [9.17, 15) is 9.59 Å². The van der Waals surface area contributed by atoms with E-state index < -0.39 is 0 Å². The Kier molecular flexibility index (Phi) is 6.78. The largest absolute Gasteiger partial charge is 0.382 e. The number of halogens is 1. The monoisotopic (exact) mass is 469 g/mol. The minimum absolute atomic E-state index is 0.0117. The lowest BCUT2D eigenvalue weighted by Crippen LogP contribution is -2.43. The van der Waals surface area contributed by atoms with Crippen LogP contribution in [0.5, 0.6) is 0 Å². The number of fused-ring (bicyclic) bond motifs is 1. The average Bonchev–Trinajstić information content (AvgIpc) is 3.17. The van der Waals surface area contributed by atoms with Crippen LogP contribution < -0.4 is 16.0 Å². The van der Waals surface area contributed by atoms with Gasteiger partial charge in [-0.15, -0.1) is 0 Å². The van der Waals surface area contributed by atoms with Gasteiger partial charge in [0.1, 0.15) is 5.69 Å². The number of carbonyl (C=O) groups is 2. The molecular weight excluding hydrogens is 442 g/mol. The van der Waals surface area contributed by atoms with Gasteiger partial charge in [-0.25, -0.2) is 9.50 Å². The van der Waals surface area contributed by atoms with E-state index in [1.165, 1.54) is 6.92 Å². The number of nitrogens with zero attached hydrogens (tertiary/aromatic N) is 4. The van der Waals surface area contributed by atoms with E-state index >= 15 is 0 Å². The van der Waals surface area contributed by atoms with Crippen LogP contribution in [0.25, 0.3) is 17.0 Å². The molecule has 0 bridgehead atoms. The Hall–Kier alpha value is -3.20. The number of carbonyl (C=O) groups excluding carboxylic acids is 2. The van der Waals surface area contributed by atoms with Crippen molar-refractivity contribution in [3.8, 4) is 11.4 Å². The summed E-state index contributed by atoms with van der Waals surface area (Å²) in [5, 5.41) is 14.3. The molecule has 0 saturated heterocycles. The quantitative estimate of drug-likeness (QED) is 0.509. The van der Waals surface area contributed by atoms with Gasteiger partial charge in [0.2, 0.25) is 5.91 Å². The summed E-state index contributed by atoms with van der Waals surface area (Å²) in [6.07, 6.45) is 8.18. The summed E-state index contributed by atoms with van der Waals surface area (Å²) in [7, 11) is 0. The number of rotatable bonds is 6. The van der Waals surface area contributed by atoms with E-state index in [2.05, 4.69) is 31.0 Å². The van der Waals surface area contributed by atoms with Crippen molar-refractivity contribution in [2.45, 2.75) is 64.6 Å². The van der Waals surface area contributed by atoms with Crippen LogP contribution >= 0.6 is 11.6 Å². The van der Waals surface area contributed by atoms with Crippen molar-refractivity contribution in [2.75, 3.05) is 5.32 Å². The van der Waals surface area contributed by atoms with Gasteiger partial charge in [-0.1, -0.05) is 11.6 Å². The first-order valence-electron chi connectivity index (χ1n) is 11.1. The third-order valence-corrected chi connectivity index (χ3v) is 5.86. The number of anilines is 1. The Morgan fingerprint density at radius 1 is 1.03 bits per heavy atom. The predicted molar refractivity (Wildman–Crippen MR) is 127 cm³/mol. The standard InChI is InChI=1S/C23H28ClN7O2/c1-13(2)28-19-9-20(21-12-26-22-8-15(24)10-27-31(21)22)25-11-18(19)23(33)30-17-6-4-16(5-7-17)29-14(3)32/h8-13,16-17H,4-7H2,1-3H3,(H,25,28)(H,29,32)(H,30,33)/t16-,17-. The molecule has 9 nitrogen and oxygen atoms in total. The van der Waals surface area contributed by atoms with Gasteiger partial charge in [0.05, 0.1) is 34.4 Å². The van der Waals surface area contributed by atoms with Crippen LogP contribution in [0.15, 0.2) is 30.7 Å². The van der Waals surface area contributed by atoms with Crippen LogP contribution in [0.4, 0.5) is 5.69 Å². The molecule has 10 heteroatoms. The number of aromatic nitrogens is 4. The summed E-state index contributed by atoms with van der Waals surface area (Å²) < 4.78 is 1.67.